The number of azo groups is 1. The Morgan fingerprint density at radius 3 is 2.13 bits per heavy atom. The molecular formula is C21H21N3O5S. The first-order valence-corrected chi connectivity index (χ1v) is 10.5. The number of nitrogens with zero attached hydrogens (tertiary/aromatic N) is 2. The van der Waals surface area contributed by atoms with E-state index < -0.39 is 20.9 Å². The van der Waals surface area contributed by atoms with Gasteiger partial charge in [-0.1, -0.05) is 18.2 Å². The maximum atomic E-state index is 11.6. The number of carbonyl (C=O) groups is 1. The zero-order chi connectivity index (χ0) is 22.2. The Hall–Kier alpha value is -3.30. The lowest BCUT2D eigenvalue weighted by Crippen LogP contribution is -2.08. The number of rotatable bonds is 4. The van der Waals surface area contributed by atoms with E-state index >= 15 is 0 Å². The van der Waals surface area contributed by atoms with Crippen molar-refractivity contribution in [1.29, 1.82) is 0 Å². The Morgan fingerprint density at radius 1 is 0.967 bits per heavy atom. The van der Waals surface area contributed by atoms with Gasteiger partial charge in [0.2, 0.25) is 5.91 Å². The van der Waals surface area contributed by atoms with E-state index in [1.54, 1.807) is 13.0 Å². The number of anilines is 1. The number of phenolic OH excluding ortho intramolecular Hbond substituents is 1. The van der Waals surface area contributed by atoms with E-state index in [0.29, 0.717) is 16.6 Å². The van der Waals surface area contributed by atoms with Crippen molar-refractivity contribution in [2.24, 2.45) is 10.2 Å². The Balaban J connectivity index is 2.27. The summed E-state index contributed by atoms with van der Waals surface area (Å²) in [6, 6.07) is 9.62. The summed E-state index contributed by atoms with van der Waals surface area (Å²) < 4.78 is 32.7. The Morgan fingerprint density at radius 2 is 1.57 bits per heavy atom. The molecule has 0 aromatic heterocycles. The van der Waals surface area contributed by atoms with Crippen molar-refractivity contribution in [2.75, 3.05) is 5.32 Å². The molecule has 0 heterocycles. The molecule has 0 aliphatic carbocycles. The molecule has 30 heavy (non-hydrogen) atoms. The lowest BCUT2D eigenvalue weighted by Gasteiger charge is -2.14. The maximum absolute atomic E-state index is 11.6. The number of phenols is 1. The summed E-state index contributed by atoms with van der Waals surface area (Å²) in [4.78, 5) is 11.2. The molecule has 3 N–H and O–H groups in total. The first-order chi connectivity index (χ1) is 14.0. The van der Waals surface area contributed by atoms with Crippen LogP contribution in [0.25, 0.3) is 10.8 Å². The number of benzene rings is 3. The summed E-state index contributed by atoms with van der Waals surface area (Å²) >= 11 is 0. The number of fused-ring (bicyclic) bond motifs is 1. The topological polar surface area (TPSA) is 128 Å². The van der Waals surface area contributed by atoms with Crippen LogP contribution in [0, 0.1) is 20.8 Å². The van der Waals surface area contributed by atoms with Crippen molar-refractivity contribution in [1.82, 2.24) is 0 Å². The van der Waals surface area contributed by atoms with Gasteiger partial charge in [0, 0.05) is 12.3 Å². The second kappa shape index (κ2) is 7.85. The zero-order valence-corrected chi connectivity index (χ0v) is 17.7. The van der Waals surface area contributed by atoms with Crippen LogP contribution >= 0.6 is 0 Å². The molecule has 0 aliphatic rings. The SMILES string of the molecule is CC(=O)Nc1cc(S(=O)(=O)O)cc2cc(C)c(/N=N/c3c(C)cccc3C)c(O)c12. The Bertz CT molecular complexity index is 1290. The van der Waals surface area contributed by atoms with Gasteiger partial charge in [0.15, 0.2) is 5.75 Å². The summed E-state index contributed by atoms with van der Waals surface area (Å²) in [5.74, 6) is -0.729. The molecule has 156 valence electrons. The molecule has 0 unspecified atom stereocenters. The smallest absolute Gasteiger partial charge is 0.294 e. The van der Waals surface area contributed by atoms with Crippen LogP contribution in [-0.4, -0.2) is 24.0 Å². The molecule has 9 heteroatoms. The normalized spacial score (nSPS) is 11.9. The van der Waals surface area contributed by atoms with Crippen molar-refractivity contribution >= 4 is 43.9 Å². The van der Waals surface area contributed by atoms with Crippen molar-refractivity contribution < 1.29 is 22.9 Å². The minimum atomic E-state index is -4.52. The molecule has 3 aromatic carbocycles. The van der Waals surface area contributed by atoms with Gasteiger partial charge in [-0.15, -0.1) is 10.2 Å². The minimum Gasteiger partial charge on any atom is -0.505 e. The van der Waals surface area contributed by atoms with Crippen molar-refractivity contribution in [3.05, 3.63) is 53.1 Å². The Labute approximate surface area is 174 Å². The number of hydrogen-bond acceptors (Lipinski definition) is 6. The highest BCUT2D eigenvalue weighted by Gasteiger charge is 2.19. The van der Waals surface area contributed by atoms with Gasteiger partial charge >= 0.3 is 0 Å². The second-order valence-corrected chi connectivity index (χ2v) is 8.48. The number of carbonyl (C=O) groups excluding carboxylic acids is 1. The van der Waals surface area contributed by atoms with Gasteiger partial charge in [0.25, 0.3) is 10.1 Å². The van der Waals surface area contributed by atoms with Gasteiger partial charge in [-0.2, -0.15) is 8.42 Å². The lowest BCUT2D eigenvalue weighted by molar-refractivity contribution is -0.114. The van der Waals surface area contributed by atoms with Gasteiger partial charge in [-0.05, 0) is 61.0 Å². The number of nitrogens with one attached hydrogen (secondary N) is 1. The third-order valence-electron chi connectivity index (χ3n) is 4.65. The van der Waals surface area contributed by atoms with Crippen LogP contribution in [0.4, 0.5) is 17.1 Å². The lowest BCUT2D eigenvalue weighted by atomic mass is 10.0. The quantitative estimate of drug-likeness (QED) is 0.394. The number of amides is 1. The van der Waals surface area contributed by atoms with Gasteiger partial charge in [0.05, 0.1) is 16.3 Å². The summed E-state index contributed by atoms with van der Waals surface area (Å²) in [5.41, 5.74) is 3.29. The summed E-state index contributed by atoms with van der Waals surface area (Å²) in [7, 11) is -4.52. The molecule has 0 aliphatic heterocycles. The third kappa shape index (κ3) is 4.17. The molecular weight excluding hydrogens is 406 g/mol. The molecule has 3 rings (SSSR count). The van der Waals surface area contributed by atoms with Gasteiger partial charge in [0.1, 0.15) is 5.69 Å². The average Bonchev–Trinajstić information content (AvgIpc) is 2.61. The van der Waals surface area contributed by atoms with Gasteiger partial charge in [-0.3, -0.25) is 9.35 Å². The molecule has 8 nitrogen and oxygen atoms in total. The van der Waals surface area contributed by atoms with Crippen LogP contribution in [0.3, 0.4) is 0 Å². The molecule has 0 spiro atoms. The van der Waals surface area contributed by atoms with E-state index in [-0.39, 0.29) is 22.5 Å². The zero-order valence-electron chi connectivity index (χ0n) is 16.9. The largest absolute Gasteiger partial charge is 0.505 e. The van der Waals surface area contributed by atoms with Crippen LogP contribution in [0.2, 0.25) is 0 Å². The third-order valence-corrected chi connectivity index (χ3v) is 5.48. The summed E-state index contributed by atoms with van der Waals surface area (Å²) in [6.45, 7) is 6.75. The van der Waals surface area contributed by atoms with Crippen molar-refractivity contribution in [3.8, 4) is 5.75 Å². The van der Waals surface area contributed by atoms with E-state index in [9.17, 15) is 22.9 Å². The highest BCUT2D eigenvalue weighted by molar-refractivity contribution is 7.85. The van der Waals surface area contributed by atoms with Gasteiger partial charge in [-0.25, -0.2) is 0 Å². The van der Waals surface area contributed by atoms with E-state index in [4.69, 9.17) is 0 Å². The molecule has 1 amide bonds. The van der Waals surface area contributed by atoms with E-state index in [0.717, 1.165) is 17.2 Å². The first kappa shape index (κ1) is 21.4. The molecule has 0 fully saturated rings. The molecule has 0 atom stereocenters. The van der Waals surface area contributed by atoms with Crippen molar-refractivity contribution in [3.63, 3.8) is 0 Å². The molecule has 0 radical (unpaired) electrons. The van der Waals surface area contributed by atoms with Crippen molar-refractivity contribution in [2.45, 2.75) is 32.6 Å². The van der Waals surface area contributed by atoms with Crippen LogP contribution < -0.4 is 5.32 Å². The number of aromatic hydroxyl groups is 1. The monoisotopic (exact) mass is 427 g/mol. The van der Waals surface area contributed by atoms with Crippen LogP contribution in [0.15, 0.2) is 51.5 Å². The predicted octanol–water partition coefficient (Wildman–Crippen LogP) is 5.09. The van der Waals surface area contributed by atoms with E-state index in [2.05, 4.69) is 15.5 Å². The molecule has 0 bridgehead atoms. The fraction of sp³-hybridized carbons (Fsp3) is 0.190. The van der Waals surface area contributed by atoms with Crippen LogP contribution in [0.5, 0.6) is 5.75 Å². The minimum absolute atomic E-state index is 0.0358. The highest BCUT2D eigenvalue weighted by atomic mass is 32.2. The number of hydrogen-bond donors (Lipinski definition) is 3. The Kier molecular flexibility index (Phi) is 5.60. The van der Waals surface area contributed by atoms with Crippen LogP contribution in [-0.2, 0) is 14.9 Å². The molecule has 3 aromatic rings. The summed E-state index contributed by atoms with van der Waals surface area (Å²) in [6.07, 6.45) is 0. The maximum Gasteiger partial charge on any atom is 0.294 e. The van der Waals surface area contributed by atoms with Gasteiger partial charge < -0.3 is 10.4 Å². The predicted molar refractivity (Wildman–Crippen MR) is 115 cm³/mol. The second-order valence-electron chi connectivity index (χ2n) is 7.06. The fourth-order valence-corrected chi connectivity index (χ4v) is 3.79. The summed E-state index contributed by atoms with van der Waals surface area (Å²) in [5, 5.41) is 22.4. The molecule has 0 saturated carbocycles. The van der Waals surface area contributed by atoms with E-state index in [1.807, 2.05) is 32.0 Å². The number of aryl methyl sites for hydroxylation is 3. The highest BCUT2D eigenvalue weighted by Crippen LogP contribution is 2.43. The molecule has 0 saturated heterocycles. The van der Waals surface area contributed by atoms with Crippen LogP contribution in [0.1, 0.15) is 23.6 Å². The fourth-order valence-electron chi connectivity index (χ4n) is 3.25. The average molecular weight is 427 g/mol. The first-order valence-electron chi connectivity index (χ1n) is 9.02. The standard InChI is InChI=1S/C21H21N3O5S/c1-11-6-5-7-12(2)19(11)23-24-20-13(3)8-15-9-16(30(27,28)29)10-17(22-14(4)25)18(15)21(20)26/h5-10,26H,1-4H3,(H,22,25)(H,27,28,29)/b24-23+. The van der Waals surface area contributed by atoms with E-state index in [1.165, 1.54) is 13.0 Å².